The second-order valence-electron chi connectivity index (χ2n) is 4.69. The minimum atomic E-state index is 0.0343. The zero-order chi connectivity index (χ0) is 15.0. The molecule has 0 spiro atoms. The van der Waals surface area contributed by atoms with Crippen LogP contribution in [-0.2, 0) is 4.79 Å². The number of nitrogens with zero attached hydrogens (tertiary/aromatic N) is 4. The van der Waals surface area contributed by atoms with Gasteiger partial charge in [0.15, 0.2) is 0 Å². The first-order valence-corrected chi connectivity index (χ1v) is 7.48. The van der Waals surface area contributed by atoms with E-state index in [2.05, 4.69) is 23.9 Å². The summed E-state index contributed by atoms with van der Waals surface area (Å²) in [5, 5.41) is 6.08. The van der Waals surface area contributed by atoms with E-state index in [9.17, 15) is 4.79 Å². The third kappa shape index (κ3) is 4.18. The zero-order valence-electron chi connectivity index (χ0n) is 13.1. The molecule has 1 aliphatic rings. The Bertz CT molecular complexity index is 412. The number of hydrogen-bond donors (Lipinski definition) is 0. The number of rotatable bonds is 7. The van der Waals surface area contributed by atoms with Gasteiger partial charge in [0.25, 0.3) is 5.91 Å². The molecule has 0 aromatic heterocycles. The molecule has 0 N–H and O–H groups in total. The van der Waals surface area contributed by atoms with Crippen LogP contribution in [0.15, 0.2) is 21.9 Å². The minimum Gasteiger partial charge on any atom is -0.338 e. The van der Waals surface area contributed by atoms with Crippen molar-refractivity contribution < 1.29 is 4.79 Å². The van der Waals surface area contributed by atoms with Crippen LogP contribution in [0.4, 0.5) is 0 Å². The Morgan fingerprint density at radius 1 is 1.50 bits per heavy atom. The van der Waals surface area contributed by atoms with Gasteiger partial charge in [-0.25, -0.2) is 5.01 Å². The van der Waals surface area contributed by atoms with Gasteiger partial charge in [0.1, 0.15) is 12.4 Å². The molecule has 0 unspecified atom stereocenters. The Morgan fingerprint density at radius 3 is 2.80 bits per heavy atom. The number of allylic oxidation sites excluding steroid dienone is 1. The number of unbranched alkanes of at least 4 members (excludes halogenated alkanes) is 1. The van der Waals surface area contributed by atoms with Crippen molar-refractivity contribution in [1.82, 2.24) is 9.91 Å². The molecule has 0 aromatic rings. The van der Waals surface area contributed by atoms with E-state index in [0.29, 0.717) is 12.4 Å². The van der Waals surface area contributed by atoms with Crippen LogP contribution in [0.5, 0.6) is 0 Å². The van der Waals surface area contributed by atoms with Crippen molar-refractivity contribution in [2.24, 2.45) is 10.1 Å². The summed E-state index contributed by atoms with van der Waals surface area (Å²) in [5.41, 5.74) is 1.59. The normalized spacial score (nSPS) is 15.3. The SMILES string of the molecule is C/C=N/N1CN=C(C(=O)N(CC)CCCC)C=C1CC. The quantitative estimate of drug-likeness (QED) is 0.672. The van der Waals surface area contributed by atoms with E-state index in [1.807, 2.05) is 29.8 Å². The second-order valence-corrected chi connectivity index (χ2v) is 4.69. The Balaban J connectivity index is 2.81. The first-order chi connectivity index (χ1) is 9.67. The fraction of sp³-hybridized carbons (Fsp3) is 0.667. The number of aliphatic imine (C=N–C) groups is 1. The summed E-state index contributed by atoms with van der Waals surface area (Å²) in [5.74, 6) is 0.0343. The second kappa shape index (κ2) is 8.51. The van der Waals surface area contributed by atoms with Gasteiger partial charge >= 0.3 is 0 Å². The smallest absolute Gasteiger partial charge is 0.272 e. The summed E-state index contributed by atoms with van der Waals surface area (Å²) in [6, 6.07) is 0. The predicted molar refractivity (Wildman–Crippen MR) is 83.8 cm³/mol. The van der Waals surface area contributed by atoms with Crippen molar-refractivity contribution in [2.45, 2.75) is 47.0 Å². The molecule has 1 heterocycles. The lowest BCUT2D eigenvalue weighted by atomic mass is 10.2. The van der Waals surface area contributed by atoms with Crippen LogP contribution < -0.4 is 0 Å². The summed E-state index contributed by atoms with van der Waals surface area (Å²) >= 11 is 0. The molecule has 0 bridgehead atoms. The van der Waals surface area contributed by atoms with E-state index < -0.39 is 0 Å². The largest absolute Gasteiger partial charge is 0.338 e. The fourth-order valence-electron chi connectivity index (χ4n) is 2.09. The summed E-state index contributed by atoms with van der Waals surface area (Å²) in [6.07, 6.45) is 6.57. The Labute approximate surface area is 122 Å². The first-order valence-electron chi connectivity index (χ1n) is 7.48. The number of carbonyl (C=O) groups is 1. The minimum absolute atomic E-state index is 0.0343. The molecule has 0 saturated carbocycles. The van der Waals surface area contributed by atoms with Gasteiger partial charge in [-0.05, 0) is 32.8 Å². The van der Waals surface area contributed by atoms with Crippen LogP contribution in [0.25, 0.3) is 0 Å². The third-order valence-corrected chi connectivity index (χ3v) is 3.30. The van der Waals surface area contributed by atoms with Gasteiger partial charge in [0, 0.05) is 25.0 Å². The predicted octanol–water partition coefficient (Wildman–Crippen LogP) is 2.65. The molecule has 1 aliphatic heterocycles. The maximum atomic E-state index is 12.5. The first kappa shape index (κ1) is 16.4. The lowest BCUT2D eigenvalue weighted by Crippen LogP contribution is -2.38. The van der Waals surface area contributed by atoms with Gasteiger partial charge in [0.2, 0.25) is 0 Å². The molecule has 112 valence electrons. The van der Waals surface area contributed by atoms with Crippen molar-refractivity contribution in [3.05, 3.63) is 11.8 Å². The van der Waals surface area contributed by atoms with Crippen LogP contribution in [0.2, 0.25) is 0 Å². The maximum absolute atomic E-state index is 12.5. The van der Waals surface area contributed by atoms with Crippen LogP contribution in [0, 0.1) is 0 Å². The van der Waals surface area contributed by atoms with Crippen molar-refractivity contribution in [1.29, 1.82) is 0 Å². The van der Waals surface area contributed by atoms with E-state index in [1.54, 1.807) is 6.21 Å². The van der Waals surface area contributed by atoms with E-state index in [1.165, 1.54) is 0 Å². The monoisotopic (exact) mass is 278 g/mol. The van der Waals surface area contributed by atoms with Crippen LogP contribution >= 0.6 is 0 Å². The summed E-state index contributed by atoms with van der Waals surface area (Å²) in [7, 11) is 0. The molecular formula is C15H26N4O. The molecule has 0 fully saturated rings. The molecule has 1 amide bonds. The highest BCUT2D eigenvalue weighted by atomic mass is 16.2. The average molecular weight is 278 g/mol. The maximum Gasteiger partial charge on any atom is 0.272 e. The highest BCUT2D eigenvalue weighted by Crippen LogP contribution is 2.15. The van der Waals surface area contributed by atoms with Gasteiger partial charge in [-0.15, -0.1) is 0 Å². The fourth-order valence-corrected chi connectivity index (χ4v) is 2.09. The molecule has 5 nitrogen and oxygen atoms in total. The summed E-state index contributed by atoms with van der Waals surface area (Å²) in [6.45, 7) is 10.0. The number of carbonyl (C=O) groups excluding carboxylic acids is 1. The van der Waals surface area contributed by atoms with Crippen LogP contribution in [0.3, 0.4) is 0 Å². The van der Waals surface area contributed by atoms with Crippen molar-refractivity contribution in [3.63, 3.8) is 0 Å². The lowest BCUT2D eigenvalue weighted by Gasteiger charge is -2.26. The Morgan fingerprint density at radius 2 is 2.25 bits per heavy atom. The highest BCUT2D eigenvalue weighted by Gasteiger charge is 2.21. The number of hydrogen-bond acceptors (Lipinski definition) is 4. The number of hydrazone groups is 1. The van der Waals surface area contributed by atoms with Crippen molar-refractivity contribution >= 4 is 17.8 Å². The topological polar surface area (TPSA) is 48.3 Å². The van der Waals surface area contributed by atoms with Crippen LogP contribution in [-0.4, -0.2) is 47.5 Å². The van der Waals surface area contributed by atoms with Crippen molar-refractivity contribution in [2.75, 3.05) is 19.8 Å². The highest BCUT2D eigenvalue weighted by molar-refractivity contribution is 6.43. The molecule has 20 heavy (non-hydrogen) atoms. The van der Waals surface area contributed by atoms with Crippen molar-refractivity contribution in [3.8, 4) is 0 Å². The van der Waals surface area contributed by atoms with Crippen LogP contribution in [0.1, 0.15) is 47.0 Å². The summed E-state index contributed by atoms with van der Waals surface area (Å²) in [4.78, 5) is 18.7. The molecule has 0 aromatic carbocycles. The molecule has 0 saturated heterocycles. The molecule has 0 radical (unpaired) electrons. The summed E-state index contributed by atoms with van der Waals surface area (Å²) < 4.78 is 0. The Hall–Kier alpha value is -1.65. The number of amides is 1. The van der Waals surface area contributed by atoms with E-state index in [4.69, 9.17) is 0 Å². The third-order valence-electron chi connectivity index (χ3n) is 3.30. The van der Waals surface area contributed by atoms with Gasteiger partial charge in [-0.2, -0.15) is 5.10 Å². The van der Waals surface area contributed by atoms with E-state index in [0.717, 1.165) is 38.0 Å². The zero-order valence-corrected chi connectivity index (χ0v) is 13.1. The molecule has 0 aliphatic carbocycles. The Kier molecular flexibility index (Phi) is 6.98. The standard InChI is InChI=1S/C15H26N4O/c1-5-9-10-18(8-4)15(20)14-11-13(6-2)19(12-16-14)17-7-3/h7,11H,5-6,8-10,12H2,1-4H3/b17-7+. The van der Waals surface area contributed by atoms with E-state index in [-0.39, 0.29) is 5.91 Å². The lowest BCUT2D eigenvalue weighted by molar-refractivity contribution is -0.123. The van der Waals surface area contributed by atoms with Gasteiger partial charge in [0.05, 0.1) is 0 Å². The van der Waals surface area contributed by atoms with Gasteiger partial charge in [-0.3, -0.25) is 9.79 Å². The average Bonchev–Trinajstić information content (AvgIpc) is 2.48. The van der Waals surface area contributed by atoms with Gasteiger partial charge in [-0.1, -0.05) is 20.3 Å². The molecule has 1 rings (SSSR count). The molecular weight excluding hydrogens is 252 g/mol. The molecule has 5 heteroatoms. The van der Waals surface area contributed by atoms with E-state index >= 15 is 0 Å². The molecule has 0 atom stereocenters. The van der Waals surface area contributed by atoms with Gasteiger partial charge < -0.3 is 4.90 Å².